The summed E-state index contributed by atoms with van der Waals surface area (Å²) in [6.07, 6.45) is 13.1. The number of halogens is 2. The molecule has 32 heavy (non-hydrogen) atoms. The zero-order valence-corrected chi connectivity index (χ0v) is 22.0. The summed E-state index contributed by atoms with van der Waals surface area (Å²) in [5, 5.41) is 0. The van der Waals surface area contributed by atoms with Gasteiger partial charge in [0.05, 0.1) is 0 Å². The summed E-state index contributed by atoms with van der Waals surface area (Å²) in [4.78, 5) is 0. The van der Waals surface area contributed by atoms with Gasteiger partial charge in [0.25, 0.3) is 0 Å². The predicted molar refractivity (Wildman–Crippen MR) is 128 cm³/mol. The Kier molecular flexibility index (Phi) is 10.5. The third kappa shape index (κ3) is 6.54. The van der Waals surface area contributed by atoms with E-state index in [1.54, 1.807) is 21.3 Å². The van der Waals surface area contributed by atoms with Crippen molar-refractivity contribution < 1.29 is 22.1 Å². The maximum absolute atomic E-state index is 14.6. The molecule has 0 aliphatic heterocycles. The van der Waals surface area contributed by atoms with E-state index in [0.717, 1.165) is 55.9 Å². The smallest absolute Gasteiger partial charge is 0.377 e. The third-order valence-electron chi connectivity index (χ3n) is 9.47. The van der Waals surface area contributed by atoms with Gasteiger partial charge in [0.1, 0.15) is 12.3 Å². The molecule has 0 heterocycles. The SMILES string of the molecule is CO[Si](CCCCC1CCC(C2CCC(C3CCC(C)C(F)C3F)CC2)CC1)(OC)OC. The number of hydrogen-bond donors (Lipinski definition) is 0. The molecule has 3 rings (SSSR count). The van der Waals surface area contributed by atoms with Crippen molar-refractivity contribution in [3.63, 3.8) is 0 Å². The highest BCUT2D eigenvalue weighted by molar-refractivity contribution is 6.60. The van der Waals surface area contributed by atoms with Gasteiger partial charge in [0.2, 0.25) is 0 Å². The van der Waals surface area contributed by atoms with E-state index in [1.165, 1.54) is 51.4 Å². The van der Waals surface area contributed by atoms with Gasteiger partial charge in [0, 0.05) is 27.4 Å². The maximum Gasteiger partial charge on any atom is 0.500 e. The largest absolute Gasteiger partial charge is 0.500 e. The summed E-state index contributed by atoms with van der Waals surface area (Å²) < 4.78 is 45.4. The van der Waals surface area contributed by atoms with Gasteiger partial charge >= 0.3 is 8.80 Å². The van der Waals surface area contributed by atoms with Crippen molar-refractivity contribution in [2.24, 2.45) is 35.5 Å². The summed E-state index contributed by atoms with van der Waals surface area (Å²) in [6, 6.07) is 0.901. The van der Waals surface area contributed by atoms with Gasteiger partial charge in [0.15, 0.2) is 0 Å². The van der Waals surface area contributed by atoms with Crippen LogP contribution in [0.5, 0.6) is 0 Å². The lowest BCUT2D eigenvalue weighted by molar-refractivity contribution is -0.0101. The highest BCUT2D eigenvalue weighted by Crippen LogP contribution is 2.47. The Morgan fingerprint density at radius 3 is 1.75 bits per heavy atom. The first kappa shape index (κ1) is 26.6. The third-order valence-corrected chi connectivity index (χ3v) is 12.3. The molecule has 0 aromatic carbocycles. The van der Waals surface area contributed by atoms with Crippen molar-refractivity contribution in [2.75, 3.05) is 21.3 Å². The zero-order valence-electron chi connectivity index (χ0n) is 21.0. The average molecular weight is 475 g/mol. The van der Waals surface area contributed by atoms with Crippen LogP contribution < -0.4 is 0 Å². The molecular weight excluding hydrogens is 426 g/mol. The molecule has 3 aliphatic carbocycles. The highest BCUT2D eigenvalue weighted by atomic mass is 28.4. The molecule has 3 nitrogen and oxygen atoms in total. The van der Waals surface area contributed by atoms with Crippen molar-refractivity contribution >= 4 is 8.80 Å². The lowest BCUT2D eigenvalue weighted by Crippen LogP contribution is -2.42. The van der Waals surface area contributed by atoms with Crippen molar-refractivity contribution in [1.29, 1.82) is 0 Å². The minimum absolute atomic E-state index is 0.0194. The maximum atomic E-state index is 14.6. The van der Waals surface area contributed by atoms with Crippen molar-refractivity contribution in [3.8, 4) is 0 Å². The molecular formula is C26H48F2O3Si. The van der Waals surface area contributed by atoms with Crippen LogP contribution in [-0.4, -0.2) is 42.5 Å². The van der Waals surface area contributed by atoms with Gasteiger partial charge < -0.3 is 13.3 Å². The molecule has 4 atom stereocenters. The molecule has 3 aliphatic rings. The summed E-state index contributed by atoms with van der Waals surface area (Å²) in [6.45, 7) is 1.87. The van der Waals surface area contributed by atoms with E-state index >= 15 is 0 Å². The zero-order chi connectivity index (χ0) is 23.1. The Hall–Kier alpha value is -0.0431. The van der Waals surface area contributed by atoms with Gasteiger partial charge in [-0.05, 0) is 93.3 Å². The molecule has 3 fully saturated rings. The molecule has 0 N–H and O–H groups in total. The molecule has 0 aromatic heterocycles. The van der Waals surface area contributed by atoms with E-state index in [0.29, 0.717) is 5.92 Å². The topological polar surface area (TPSA) is 27.7 Å². The molecule has 0 bridgehead atoms. The fraction of sp³-hybridized carbons (Fsp3) is 1.00. The Bertz CT molecular complexity index is 523. The second-order valence-electron chi connectivity index (χ2n) is 11.1. The van der Waals surface area contributed by atoms with E-state index in [4.69, 9.17) is 13.3 Å². The first-order valence-electron chi connectivity index (χ1n) is 13.4. The van der Waals surface area contributed by atoms with Crippen LogP contribution in [0.1, 0.15) is 90.4 Å². The van der Waals surface area contributed by atoms with Gasteiger partial charge in [-0.2, -0.15) is 0 Å². The van der Waals surface area contributed by atoms with Crippen LogP contribution in [0.15, 0.2) is 0 Å². The van der Waals surface area contributed by atoms with Crippen LogP contribution in [0.25, 0.3) is 0 Å². The van der Waals surface area contributed by atoms with Crippen LogP contribution in [-0.2, 0) is 13.3 Å². The molecule has 0 amide bonds. The van der Waals surface area contributed by atoms with Gasteiger partial charge in [-0.15, -0.1) is 0 Å². The Morgan fingerprint density at radius 2 is 1.19 bits per heavy atom. The molecule has 0 aromatic rings. The van der Waals surface area contributed by atoms with E-state index in [1.807, 2.05) is 6.92 Å². The normalized spacial score (nSPS) is 39.2. The number of rotatable bonds is 10. The van der Waals surface area contributed by atoms with E-state index < -0.39 is 21.1 Å². The van der Waals surface area contributed by atoms with Gasteiger partial charge in [-0.25, -0.2) is 8.78 Å². The van der Waals surface area contributed by atoms with Crippen LogP contribution in [0, 0.1) is 35.5 Å². The second kappa shape index (κ2) is 12.6. The quantitative estimate of drug-likeness (QED) is 0.244. The molecule has 3 saturated carbocycles. The van der Waals surface area contributed by atoms with Crippen LogP contribution >= 0.6 is 0 Å². The first-order chi connectivity index (χ1) is 15.4. The lowest BCUT2D eigenvalue weighted by Gasteiger charge is -2.43. The molecule has 4 unspecified atom stereocenters. The van der Waals surface area contributed by atoms with Crippen molar-refractivity contribution in [1.82, 2.24) is 0 Å². The molecule has 188 valence electrons. The van der Waals surface area contributed by atoms with Crippen LogP contribution in [0.4, 0.5) is 8.78 Å². The van der Waals surface area contributed by atoms with Crippen LogP contribution in [0.3, 0.4) is 0 Å². The fourth-order valence-corrected chi connectivity index (χ4v) is 8.94. The molecule has 0 spiro atoms. The van der Waals surface area contributed by atoms with Crippen molar-refractivity contribution in [2.45, 2.75) is 109 Å². The monoisotopic (exact) mass is 474 g/mol. The molecule has 6 heteroatoms. The van der Waals surface area contributed by atoms with E-state index in [-0.39, 0.29) is 11.8 Å². The highest BCUT2D eigenvalue weighted by Gasteiger charge is 2.43. The Balaban J connectivity index is 1.32. The van der Waals surface area contributed by atoms with Gasteiger partial charge in [-0.1, -0.05) is 32.6 Å². The summed E-state index contributed by atoms with van der Waals surface area (Å²) in [7, 11) is 2.66. The first-order valence-corrected chi connectivity index (χ1v) is 15.3. The van der Waals surface area contributed by atoms with E-state index in [2.05, 4.69) is 0 Å². The minimum Gasteiger partial charge on any atom is -0.377 e. The Morgan fingerprint density at radius 1 is 0.656 bits per heavy atom. The second-order valence-corrected chi connectivity index (χ2v) is 14.2. The fourth-order valence-electron chi connectivity index (χ4n) is 7.14. The Labute approximate surface area is 196 Å². The number of alkyl halides is 2. The summed E-state index contributed by atoms with van der Waals surface area (Å²) in [5.41, 5.74) is 0. The standard InChI is InChI=1S/C26H48F2O3Si/c1-19-8-17-24(26(28)25(19)27)23-15-13-22(14-16-23)21-11-9-20(10-12-21)7-5-6-18-32(29-2,30-3)31-4/h19-26H,5-18H2,1-4H3. The van der Waals surface area contributed by atoms with Gasteiger partial charge in [-0.3, -0.25) is 0 Å². The number of hydrogen-bond acceptors (Lipinski definition) is 3. The van der Waals surface area contributed by atoms with E-state index in [9.17, 15) is 8.78 Å². The van der Waals surface area contributed by atoms with Crippen molar-refractivity contribution in [3.05, 3.63) is 0 Å². The molecule has 0 radical (unpaired) electrons. The molecule has 0 saturated heterocycles. The lowest BCUT2D eigenvalue weighted by atomic mass is 9.64. The number of unbranched alkanes of at least 4 members (excludes halogenated alkanes) is 1. The minimum atomic E-state index is -2.41. The van der Waals surface area contributed by atoms with Crippen LogP contribution in [0.2, 0.25) is 6.04 Å². The predicted octanol–water partition coefficient (Wildman–Crippen LogP) is 7.37. The average Bonchev–Trinajstić information content (AvgIpc) is 2.84. The summed E-state index contributed by atoms with van der Waals surface area (Å²) in [5.74, 6) is 2.86. The summed E-state index contributed by atoms with van der Waals surface area (Å²) >= 11 is 0.